The van der Waals surface area contributed by atoms with E-state index in [1.807, 2.05) is 0 Å². The SMILES string of the molecule is CC(C)(c1cccc(-n2[c-]cc(C(F)(F)F)n2)n1)c1cccc(-n2[c-]cc(C(F)(F)F)n2)n1.[Pt+2]. The van der Waals surface area contributed by atoms with Crippen LogP contribution >= 0.6 is 0 Å². The molecule has 0 spiro atoms. The Bertz CT molecular complexity index is 1190. The maximum Gasteiger partial charge on any atom is 2.00 e. The van der Waals surface area contributed by atoms with E-state index in [2.05, 4.69) is 32.6 Å². The van der Waals surface area contributed by atoms with Crippen LogP contribution in [-0.2, 0) is 38.8 Å². The Hall–Kier alpha value is -3.01. The second-order valence-electron chi connectivity index (χ2n) is 7.52. The fourth-order valence-corrected chi connectivity index (χ4v) is 3.00. The van der Waals surface area contributed by atoms with Crippen LogP contribution in [0.5, 0.6) is 0 Å². The molecule has 4 aromatic rings. The van der Waals surface area contributed by atoms with Crippen molar-refractivity contribution in [1.29, 1.82) is 0 Å². The normalized spacial score (nSPS) is 12.5. The van der Waals surface area contributed by atoms with Gasteiger partial charge in [0.1, 0.15) is 0 Å². The zero-order valence-corrected chi connectivity index (χ0v) is 19.7. The summed E-state index contributed by atoms with van der Waals surface area (Å²) in [5.74, 6) is 0.227. The van der Waals surface area contributed by atoms with Gasteiger partial charge in [-0.2, -0.15) is 26.3 Å². The fourth-order valence-electron chi connectivity index (χ4n) is 3.00. The molecule has 4 aromatic heterocycles. The first-order chi connectivity index (χ1) is 15.4. The van der Waals surface area contributed by atoms with Gasteiger partial charge in [-0.05, 0) is 26.0 Å². The van der Waals surface area contributed by atoms with Gasteiger partial charge in [0.05, 0.1) is 23.0 Å². The molecule has 0 atom stereocenters. The third kappa shape index (κ3) is 5.06. The van der Waals surface area contributed by atoms with Crippen molar-refractivity contribution in [2.75, 3.05) is 0 Å². The second kappa shape index (κ2) is 8.98. The molecular formula is C21H14F6N6Pt. The summed E-state index contributed by atoms with van der Waals surface area (Å²) >= 11 is 0. The summed E-state index contributed by atoms with van der Waals surface area (Å²) in [6, 6.07) is 10.9. The molecule has 0 saturated carbocycles. The molecule has 0 N–H and O–H groups in total. The molecule has 0 saturated heterocycles. The smallest absolute Gasteiger partial charge is 0.343 e. The maximum atomic E-state index is 12.9. The van der Waals surface area contributed by atoms with Crippen molar-refractivity contribution in [1.82, 2.24) is 29.5 Å². The van der Waals surface area contributed by atoms with Crippen LogP contribution in [0.4, 0.5) is 26.3 Å². The van der Waals surface area contributed by atoms with Gasteiger partial charge in [0.25, 0.3) is 0 Å². The van der Waals surface area contributed by atoms with Crippen molar-refractivity contribution in [2.45, 2.75) is 31.6 Å². The van der Waals surface area contributed by atoms with Crippen LogP contribution in [0.3, 0.4) is 0 Å². The Morgan fingerprint density at radius 2 is 1.03 bits per heavy atom. The van der Waals surface area contributed by atoms with Gasteiger partial charge in [-0.15, -0.1) is 12.1 Å². The Morgan fingerprint density at radius 3 is 1.35 bits per heavy atom. The molecule has 0 unspecified atom stereocenters. The van der Waals surface area contributed by atoms with Gasteiger partial charge >= 0.3 is 33.4 Å². The van der Waals surface area contributed by atoms with Gasteiger partial charge in [-0.3, -0.25) is 20.2 Å². The molecule has 0 amide bonds. The molecule has 0 radical (unpaired) electrons. The average Bonchev–Trinajstić information content (AvgIpc) is 3.44. The van der Waals surface area contributed by atoms with Gasteiger partial charge in [-0.1, -0.05) is 36.7 Å². The van der Waals surface area contributed by atoms with Crippen LogP contribution in [0.1, 0.15) is 36.6 Å². The predicted molar refractivity (Wildman–Crippen MR) is 103 cm³/mol. The predicted octanol–water partition coefficient (Wildman–Crippen LogP) is 4.81. The van der Waals surface area contributed by atoms with Crippen LogP contribution in [0.2, 0.25) is 0 Å². The quantitative estimate of drug-likeness (QED) is 0.233. The Balaban J connectivity index is 0.00000324. The standard InChI is InChI=1S/C21H14F6N6.Pt/c1-19(2,13-5-3-7-17(28-13)32-11-9-15(30-32)20(22,23)24)14-6-4-8-18(29-14)33-12-10-16(31-33)21(25,26)27;/h3-10H,1-2H3;/q-2;+2. The van der Waals surface area contributed by atoms with Crippen molar-refractivity contribution in [3.05, 3.63) is 83.7 Å². The van der Waals surface area contributed by atoms with E-state index in [1.165, 1.54) is 12.1 Å². The van der Waals surface area contributed by atoms with E-state index < -0.39 is 29.2 Å². The number of nitrogens with zero attached hydrogens (tertiary/aromatic N) is 6. The number of hydrogen-bond acceptors (Lipinski definition) is 4. The minimum Gasteiger partial charge on any atom is -0.343 e. The Morgan fingerprint density at radius 1 is 0.647 bits per heavy atom. The first-order valence-corrected chi connectivity index (χ1v) is 9.41. The summed E-state index contributed by atoms with van der Waals surface area (Å²) in [5.41, 5.74) is -2.18. The van der Waals surface area contributed by atoms with Crippen LogP contribution in [-0.4, -0.2) is 29.5 Å². The first kappa shape index (κ1) is 25.6. The molecule has 4 heterocycles. The molecule has 0 fully saturated rings. The third-order valence-corrected chi connectivity index (χ3v) is 4.83. The molecule has 34 heavy (non-hydrogen) atoms. The number of aromatic nitrogens is 6. The monoisotopic (exact) mass is 659 g/mol. The van der Waals surface area contributed by atoms with Crippen LogP contribution in [0, 0.1) is 12.4 Å². The van der Waals surface area contributed by atoms with Crippen molar-refractivity contribution >= 4 is 0 Å². The fraction of sp³-hybridized carbons (Fsp3) is 0.238. The molecule has 0 aromatic carbocycles. The molecule has 180 valence electrons. The van der Waals surface area contributed by atoms with Crippen molar-refractivity contribution in [2.24, 2.45) is 0 Å². The molecule has 0 aliphatic carbocycles. The van der Waals surface area contributed by atoms with Gasteiger partial charge < -0.3 is 9.36 Å². The van der Waals surface area contributed by atoms with E-state index in [1.54, 1.807) is 38.1 Å². The zero-order chi connectivity index (χ0) is 24.0. The molecule has 13 heteroatoms. The maximum absolute atomic E-state index is 12.9. The first-order valence-electron chi connectivity index (χ1n) is 9.41. The minimum absolute atomic E-state index is 0. The van der Waals surface area contributed by atoms with Crippen molar-refractivity contribution in [3.63, 3.8) is 0 Å². The summed E-state index contributed by atoms with van der Waals surface area (Å²) in [6.45, 7) is 3.54. The van der Waals surface area contributed by atoms with E-state index in [9.17, 15) is 26.3 Å². The summed E-state index contributed by atoms with van der Waals surface area (Å²) in [4.78, 5) is 8.82. The minimum atomic E-state index is -4.61. The Labute approximate surface area is 203 Å². The van der Waals surface area contributed by atoms with E-state index in [0.717, 1.165) is 21.5 Å². The van der Waals surface area contributed by atoms with E-state index in [-0.39, 0.29) is 32.7 Å². The van der Waals surface area contributed by atoms with Crippen LogP contribution in [0.15, 0.2) is 48.5 Å². The molecule has 0 aliphatic heterocycles. The number of hydrogen-bond donors (Lipinski definition) is 0. The third-order valence-electron chi connectivity index (χ3n) is 4.83. The Kier molecular flexibility index (Phi) is 6.76. The average molecular weight is 659 g/mol. The van der Waals surface area contributed by atoms with Gasteiger partial charge in [0.2, 0.25) is 0 Å². The van der Waals surface area contributed by atoms with E-state index in [0.29, 0.717) is 11.4 Å². The molecular weight excluding hydrogens is 645 g/mol. The van der Waals surface area contributed by atoms with Crippen LogP contribution < -0.4 is 0 Å². The number of halogens is 6. The largest absolute Gasteiger partial charge is 2.00 e. The topological polar surface area (TPSA) is 61.4 Å². The second-order valence-corrected chi connectivity index (χ2v) is 7.52. The molecule has 0 bridgehead atoms. The molecule has 4 rings (SSSR count). The summed E-state index contributed by atoms with van der Waals surface area (Å²) in [7, 11) is 0. The van der Waals surface area contributed by atoms with E-state index in [4.69, 9.17) is 0 Å². The summed E-state index contributed by atoms with van der Waals surface area (Å²) in [6.07, 6.45) is -4.44. The molecule has 0 aliphatic rings. The van der Waals surface area contributed by atoms with Gasteiger partial charge in [0.15, 0.2) is 0 Å². The summed E-state index contributed by atoms with van der Waals surface area (Å²) in [5, 5.41) is 6.95. The van der Waals surface area contributed by atoms with Crippen molar-refractivity contribution in [3.8, 4) is 11.6 Å². The van der Waals surface area contributed by atoms with Gasteiger partial charge in [0, 0.05) is 16.8 Å². The van der Waals surface area contributed by atoms with Gasteiger partial charge in [-0.25, -0.2) is 0 Å². The van der Waals surface area contributed by atoms with Crippen LogP contribution in [0.25, 0.3) is 11.6 Å². The summed E-state index contributed by atoms with van der Waals surface area (Å²) < 4.78 is 78.9. The van der Waals surface area contributed by atoms with E-state index >= 15 is 0 Å². The molecule has 6 nitrogen and oxygen atoms in total. The number of pyridine rings is 2. The number of rotatable bonds is 4. The zero-order valence-electron chi connectivity index (χ0n) is 17.4. The van der Waals surface area contributed by atoms with Crippen molar-refractivity contribution < 1.29 is 47.4 Å². The number of alkyl halides is 6.